The number of nitrogens with zero attached hydrogens (tertiary/aromatic N) is 5. The molecule has 6 rings (SSSR count). The van der Waals surface area contributed by atoms with Gasteiger partial charge in [-0.1, -0.05) is 0 Å². The summed E-state index contributed by atoms with van der Waals surface area (Å²) in [6.07, 6.45) is 2.84. The first-order valence-electron chi connectivity index (χ1n) is 13.9. The Bertz CT molecular complexity index is 1330. The summed E-state index contributed by atoms with van der Waals surface area (Å²) in [7, 11) is 6.13. The molecule has 3 aliphatic rings. The molecule has 2 aromatic carbocycles. The first-order chi connectivity index (χ1) is 19.4. The topological polar surface area (TPSA) is 95.1 Å². The second kappa shape index (κ2) is 11.4. The lowest BCUT2D eigenvalue weighted by Crippen LogP contribution is -2.43. The molecule has 0 radical (unpaired) electrons. The predicted molar refractivity (Wildman–Crippen MR) is 156 cm³/mol. The molecule has 0 spiro atoms. The van der Waals surface area contributed by atoms with Gasteiger partial charge in [-0.3, -0.25) is 4.90 Å². The Morgan fingerprint density at radius 2 is 1.62 bits per heavy atom. The van der Waals surface area contributed by atoms with Crippen molar-refractivity contribution in [2.75, 3.05) is 62.9 Å². The van der Waals surface area contributed by atoms with Crippen LogP contribution in [0.4, 0.5) is 22.0 Å². The maximum absolute atomic E-state index is 12.6. The molecular formula is C30H37N7O3. The van der Waals surface area contributed by atoms with Gasteiger partial charge < -0.3 is 29.9 Å². The average Bonchev–Trinajstić information content (AvgIpc) is 3.48. The van der Waals surface area contributed by atoms with Crippen LogP contribution in [0, 0.1) is 0 Å². The van der Waals surface area contributed by atoms with E-state index in [1.54, 1.807) is 0 Å². The number of likely N-dealkylation sites (N-methyl/N-ethyl adjacent to an activating group) is 1. The standard InChI is InChI=1S/C30H37N7O3/c1-35(2)14-15-39-23-10-8-22(9-11-23)32-30(38)31-21-6-4-20(5-7-21)28-33-27-19-36(3)18-26(27)29(34-28)37-16-24-12-13-25(17-37)40-24/h4-11,24-25H,12-19H2,1-3H3,(H2,31,32,38). The van der Waals surface area contributed by atoms with Crippen LogP contribution in [0.25, 0.3) is 11.4 Å². The van der Waals surface area contributed by atoms with E-state index in [9.17, 15) is 4.79 Å². The predicted octanol–water partition coefficient (Wildman–Crippen LogP) is 4.04. The largest absolute Gasteiger partial charge is 0.492 e. The van der Waals surface area contributed by atoms with Crippen molar-refractivity contribution in [1.29, 1.82) is 0 Å². The van der Waals surface area contributed by atoms with Crippen molar-refractivity contribution in [1.82, 2.24) is 19.8 Å². The summed E-state index contributed by atoms with van der Waals surface area (Å²) in [6, 6.07) is 14.7. The molecule has 4 heterocycles. The summed E-state index contributed by atoms with van der Waals surface area (Å²) >= 11 is 0. The van der Waals surface area contributed by atoms with Gasteiger partial charge in [-0.15, -0.1) is 0 Å². The van der Waals surface area contributed by atoms with Crippen molar-refractivity contribution in [3.8, 4) is 17.1 Å². The molecule has 0 aliphatic carbocycles. The number of aromatic nitrogens is 2. The molecule has 10 nitrogen and oxygen atoms in total. The minimum absolute atomic E-state index is 0.294. The van der Waals surface area contributed by atoms with Crippen LogP contribution in [0.1, 0.15) is 24.1 Å². The van der Waals surface area contributed by atoms with E-state index >= 15 is 0 Å². The maximum Gasteiger partial charge on any atom is 0.323 e. The quantitative estimate of drug-likeness (QED) is 0.440. The van der Waals surface area contributed by atoms with Gasteiger partial charge in [0.05, 0.1) is 17.9 Å². The molecule has 2 bridgehead atoms. The van der Waals surface area contributed by atoms with Crippen LogP contribution in [-0.2, 0) is 17.8 Å². The molecule has 2 fully saturated rings. The van der Waals surface area contributed by atoms with Crippen LogP contribution in [0.15, 0.2) is 48.5 Å². The Morgan fingerprint density at radius 1 is 0.975 bits per heavy atom. The van der Waals surface area contributed by atoms with Crippen molar-refractivity contribution in [2.24, 2.45) is 0 Å². The molecule has 2 N–H and O–H groups in total. The van der Waals surface area contributed by atoms with Crippen LogP contribution < -0.4 is 20.3 Å². The third-order valence-corrected chi connectivity index (χ3v) is 7.58. The minimum Gasteiger partial charge on any atom is -0.492 e. The zero-order chi connectivity index (χ0) is 27.6. The van der Waals surface area contributed by atoms with E-state index in [1.165, 1.54) is 5.56 Å². The lowest BCUT2D eigenvalue weighted by atomic mass is 10.1. The van der Waals surface area contributed by atoms with Crippen LogP contribution >= 0.6 is 0 Å². The molecule has 2 saturated heterocycles. The Balaban J connectivity index is 1.11. The van der Waals surface area contributed by atoms with Crippen LogP contribution in [-0.4, -0.2) is 85.4 Å². The molecule has 10 heteroatoms. The highest BCUT2D eigenvalue weighted by Crippen LogP contribution is 2.35. The summed E-state index contributed by atoms with van der Waals surface area (Å²) in [5.74, 6) is 2.53. The average molecular weight is 544 g/mol. The number of fused-ring (bicyclic) bond motifs is 3. The van der Waals surface area contributed by atoms with Crippen molar-refractivity contribution in [3.05, 3.63) is 59.8 Å². The Labute approximate surface area is 235 Å². The van der Waals surface area contributed by atoms with Crippen LogP contribution in [0.3, 0.4) is 0 Å². The van der Waals surface area contributed by atoms with E-state index in [4.69, 9.17) is 19.4 Å². The van der Waals surface area contributed by atoms with Gasteiger partial charge in [-0.2, -0.15) is 0 Å². The van der Waals surface area contributed by atoms with Gasteiger partial charge in [0.25, 0.3) is 0 Å². The number of hydrogen-bond donors (Lipinski definition) is 2. The van der Waals surface area contributed by atoms with Crippen LogP contribution in [0.2, 0.25) is 0 Å². The third kappa shape index (κ3) is 6.04. The number of benzene rings is 2. The molecule has 3 aromatic rings. The number of ether oxygens (including phenoxy) is 2. The summed E-state index contributed by atoms with van der Waals surface area (Å²) in [5, 5.41) is 5.77. The van der Waals surface area contributed by atoms with E-state index in [2.05, 4.69) is 32.4 Å². The van der Waals surface area contributed by atoms with Gasteiger partial charge in [-0.25, -0.2) is 14.8 Å². The number of urea groups is 1. The highest BCUT2D eigenvalue weighted by Gasteiger charge is 2.36. The smallest absolute Gasteiger partial charge is 0.323 e. The third-order valence-electron chi connectivity index (χ3n) is 7.58. The van der Waals surface area contributed by atoms with Gasteiger partial charge in [0, 0.05) is 55.2 Å². The van der Waals surface area contributed by atoms with E-state index < -0.39 is 0 Å². The Kier molecular flexibility index (Phi) is 7.55. The van der Waals surface area contributed by atoms with Crippen molar-refractivity contribution < 1.29 is 14.3 Å². The molecule has 210 valence electrons. The molecule has 3 aliphatic heterocycles. The molecule has 2 atom stereocenters. The minimum atomic E-state index is -0.310. The monoisotopic (exact) mass is 543 g/mol. The highest BCUT2D eigenvalue weighted by atomic mass is 16.5. The van der Waals surface area contributed by atoms with E-state index in [1.807, 2.05) is 62.6 Å². The number of nitrogens with one attached hydrogen (secondary N) is 2. The molecule has 0 saturated carbocycles. The second-order valence-electron chi connectivity index (χ2n) is 11.2. The summed E-state index contributed by atoms with van der Waals surface area (Å²) in [4.78, 5) is 29.4. The second-order valence-corrected chi connectivity index (χ2v) is 11.2. The van der Waals surface area contributed by atoms with Gasteiger partial charge in [0.15, 0.2) is 5.82 Å². The number of anilines is 3. The Hall–Kier alpha value is -3.73. The molecule has 1 aromatic heterocycles. The van der Waals surface area contributed by atoms with Gasteiger partial charge in [0.1, 0.15) is 18.2 Å². The Morgan fingerprint density at radius 3 is 2.27 bits per heavy atom. The number of rotatable bonds is 8. The molecule has 2 unspecified atom stereocenters. The summed E-state index contributed by atoms with van der Waals surface area (Å²) in [5.41, 5.74) is 4.63. The lowest BCUT2D eigenvalue weighted by Gasteiger charge is -2.34. The first kappa shape index (κ1) is 26.5. The maximum atomic E-state index is 12.6. The fourth-order valence-electron chi connectivity index (χ4n) is 5.55. The molecular weight excluding hydrogens is 506 g/mol. The van der Waals surface area contributed by atoms with Gasteiger partial charge >= 0.3 is 6.03 Å². The number of carbonyl (C=O) groups excluding carboxylic acids is 1. The molecule has 40 heavy (non-hydrogen) atoms. The number of hydrogen-bond acceptors (Lipinski definition) is 8. The van der Waals surface area contributed by atoms with E-state index in [0.29, 0.717) is 36.0 Å². The van der Waals surface area contributed by atoms with Gasteiger partial charge in [-0.05, 0) is 82.5 Å². The van der Waals surface area contributed by atoms with E-state index in [0.717, 1.165) is 68.4 Å². The fraction of sp³-hybridized carbons (Fsp3) is 0.433. The van der Waals surface area contributed by atoms with Crippen molar-refractivity contribution in [2.45, 2.75) is 38.1 Å². The zero-order valence-corrected chi connectivity index (χ0v) is 23.4. The number of amides is 2. The van der Waals surface area contributed by atoms with E-state index in [-0.39, 0.29) is 6.03 Å². The first-order valence-corrected chi connectivity index (χ1v) is 13.9. The van der Waals surface area contributed by atoms with Crippen molar-refractivity contribution in [3.63, 3.8) is 0 Å². The van der Waals surface area contributed by atoms with Crippen LogP contribution in [0.5, 0.6) is 5.75 Å². The van der Waals surface area contributed by atoms with Crippen molar-refractivity contribution >= 4 is 23.2 Å². The molecule has 2 amide bonds. The number of carbonyl (C=O) groups is 1. The summed E-state index contributed by atoms with van der Waals surface area (Å²) < 4.78 is 11.8. The van der Waals surface area contributed by atoms with Gasteiger partial charge in [0.2, 0.25) is 0 Å². The normalized spacial score (nSPS) is 20.1. The fourth-order valence-corrected chi connectivity index (χ4v) is 5.55. The summed E-state index contributed by atoms with van der Waals surface area (Å²) in [6.45, 7) is 4.90. The SMILES string of the molecule is CN(C)CCOc1ccc(NC(=O)Nc2ccc(-c3nc4c(c(N5CC6CCC(C5)O6)n3)CN(C)C4)cc2)cc1. The lowest BCUT2D eigenvalue weighted by molar-refractivity contribution is 0.0301. The zero-order valence-electron chi connectivity index (χ0n) is 23.4. The number of morpholine rings is 1. The highest BCUT2D eigenvalue weighted by molar-refractivity contribution is 5.99.